The number of hydrogen-bond acceptors (Lipinski definition) is 3. The summed E-state index contributed by atoms with van der Waals surface area (Å²) in [6.07, 6.45) is 5.88. The van der Waals surface area contributed by atoms with Gasteiger partial charge in [0.05, 0.1) is 33.4 Å². The van der Waals surface area contributed by atoms with Crippen LogP contribution in [0.2, 0.25) is 0 Å². The number of benzene rings is 12. The summed E-state index contributed by atoms with van der Waals surface area (Å²) in [5, 5.41) is 6.09. The van der Waals surface area contributed by atoms with Crippen molar-refractivity contribution in [1.29, 1.82) is 0 Å². The van der Waals surface area contributed by atoms with Crippen LogP contribution in [0.1, 0.15) is 45.7 Å². The molecule has 1 aliphatic rings. The maximum absolute atomic E-state index is 9.05. The number of para-hydroxylation sites is 4. The van der Waals surface area contributed by atoms with E-state index in [4.69, 9.17) is 22.4 Å². The van der Waals surface area contributed by atoms with Gasteiger partial charge in [-0.1, -0.05) is 178 Å². The normalized spacial score (nSPS) is 13.3. The van der Waals surface area contributed by atoms with Crippen LogP contribution in [0.4, 0.5) is 0 Å². The summed E-state index contributed by atoms with van der Waals surface area (Å²) in [7, 11) is 0. The second-order valence-corrected chi connectivity index (χ2v) is 24.6. The zero-order chi connectivity index (χ0) is 65.8. The Morgan fingerprint density at radius 1 is 0.467 bits per heavy atom. The number of fused-ring (bicyclic) bond motifs is 16. The number of furan rings is 1. The van der Waals surface area contributed by atoms with E-state index in [0.717, 1.165) is 127 Å². The van der Waals surface area contributed by atoms with Crippen LogP contribution in [0.3, 0.4) is 0 Å². The summed E-state index contributed by atoms with van der Waals surface area (Å²) in [6, 6.07) is 90.8. The molecule has 0 amide bonds. The monoisotopic (exact) mass is 1370 g/mol. The van der Waals surface area contributed by atoms with Crippen molar-refractivity contribution in [1.82, 2.24) is 18.7 Å². The summed E-state index contributed by atoms with van der Waals surface area (Å²) >= 11 is 0. The van der Waals surface area contributed by atoms with Crippen molar-refractivity contribution >= 4 is 76.6 Å². The third kappa shape index (κ3) is 8.59. The maximum Gasteiger partial charge on any atom is 0.268 e. The van der Waals surface area contributed by atoms with Gasteiger partial charge in [0.1, 0.15) is 17.0 Å². The molecule has 17 aromatic rings. The van der Waals surface area contributed by atoms with Crippen LogP contribution in [0.15, 0.2) is 259 Å². The Hall–Kier alpha value is -10.9. The average Bonchev–Trinajstić information content (AvgIpc) is 1.49. The molecule has 6 heterocycles. The molecule has 7 nitrogen and oxygen atoms in total. The van der Waals surface area contributed by atoms with E-state index in [1.54, 1.807) is 0 Å². The van der Waals surface area contributed by atoms with E-state index in [1.165, 1.54) is 18.2 Å². The van der Waals surface area contributed by atoms with E-state index < -0.39 is 13.7 Å². The first-order valence-electron chi connectivity index (χ1n) is 33.6. The maximum atomic E-state index is 9.05. The summed E-state index contributed by atoms with van der Waals surface area (Å²) < 4.78 is 76.3. The molecule has 0 atom stereocenters. The number of imidazole rings is 1. The molecule has 0 saturated carbocycles. The Kier molecular flexibility index (Phi) is 11.3. The van der Waals surface area contributed by atoms with Crippen molar-refractivity contribution in [3.8, 4) is 90.0 Å². The van der Waals surface area contributed by atoms with Crippen molar-refractivity contribution in [3.63, 3.8) is 0 Å². The summed E-state index contributed by atoms with van der Waals surface area (Å²) in [5.41, 5.74) is 17.4. The van der Waals surface area contributed by atoms with Crippen molar-refractivity contribution in [2.45, 2.75) is 39.9 Å². The van der Waals surface area contributed by atoms with E-state index >= 15 is 0 Å². The van der Waals surface area contributed by atoms with Gasteiger partial charge in [-0.2, -0.15) is 18.2 Å². The van der Waals surface area contributed by atoms with Crippen LogP contribution < -0.4 is 9.30 Å². The summed E-state index contributed by atoms with van der Waals surface area (Å²) in [4.78, 5) is 4.93. The largest absolute Gasteiger partial charge is 0.510 e. The molecule has 0 bridgehead atoms. The molecule has 0 unspecified atom stereocenters. The van der Waals surface area contributed by atoms with Gasteiger partial charge in [-0.3, -0.25) is 4.57 Å². The second-order valence-electron chi connectivity index (χ2n) is 24.6. The zero-order valence-corrected chi connectivity index (χ0v) is 52.4. The van der Waals surface area contributed by atoms with Crippen molar-refractivity contribution < 1.29 is 43.0 Å². The van der Waals surface area contributed by atoms with Crippen LogP contribution in [-0.4, -0.2) is 18.7 Å². The Morgan fingerprint density at radius 2 is 1.07 bits per heavy atom. The molecule has 0 radical (unpaired) electrons. The fraction of sp³-hybridized carbons (Fsp3) is 0.0714. The molecule has 5 aromatic heterocycles. The van der Waals surface area contributed by atoms with Gasteiger partial charge in [-0.15, -0.1) is 29.7 Å². The molecule has 0 spiro atoms. The minimum absolute atomic E-state index is 0. The first-order valence-corrected chi connectivity index (χ1v) is 30.6. The van der Waals surface area contributed by atoms with E-state index in [0.29, 0.717) is 39.7 Å². The van der Waals surface area contributed by atoms with E-state index in [1.807, 2.05) is 109 Å². The number of aromatic nitrogens is 5. The number of aryl methyl sites for hydroxylation is 2. The number of ether oxygens (including phenoxy) is 1. The third-order valence-electron chi connectivity index (χ3n) is 18.3. The molecule has 8 heteroatoms. The summed E-state index contributed by atoms with van der Waals surface area (Å²) in [5.74, 6) is 1.71. The van der Waals surface area contributed by atoms with Crippen molar-refractivity contribution in [3.05, 3.63) is 290 Å². The molecule has 1 aliphatic heterocycles. The third-order valence-corrected chi connectivity index (χ3v) is 18.3. The minimum atomic E-state index is -2.70. The van der Waals surface area contributed by atoms with E-state index in [-0.39, 0.29) is 43.2 Å². The first-order chi connectivity index (χ1) is 47.0. The topological polar surface area (TPSA) is 53.9 Å². The molecule has 442 valence electrons. The molecule has 92 heavy (non-hydrogen) atoms. The van der Waals surface area contributed by atoms with Crippen LogP contribution in [0.25, 0.3) is 155 Å². The molecule has 0 aliphatic carbocycles. The Balaban J connectivity index is 0.00000722. The molecule has 12 aromatic carbocycles. The van der Waals surface area contributed by atoms with Gasteiger partial charge in [0.25, 0.3) is 6.33 Å². The van der Waals surface area contributed by atoms with E-state index in [2.05, 4.69) is 185 Å². The number of pyridine rings is 1. The average molecular weight is 1370 g/mol. The Morgan fingerprint density at radius 3 is 1.77 bits per heavy atom. The molecule has 0 saturated heterocycles. The summed E-state index contributed by atoms with van der Waals surface area (Å²) in [6.45, 7) is 1.22. The van der Waals surface area contributed by atoms with Gasteiger partial charge < -0.3 is 22.9 Å². The molecule has 18 rings (SSSR count). The molecule has 0 fully saturated rings. The van der Waals surface area contributed by atoms with Gasteiger partial charge in [-0.25, -0.2) is 4.98 Å². The van der Waals surface area contributed by atoms with Crippen molar-refractivity contribution in [2.24, 2.45) is 0 Å². The Labute approximate surface area is 555 Å². The standard InChI is InChI=1S/C84H57N5O2.Pt/c1-51-20-18-21-52(2)81(51)55-44-71-63-27-9-7-25-61(63)60-24-6-8-26-62(60)70-43-54(53-36-39-79-69(42-53)68-31-13-17-35-78(68)91-79)45-76-82(70)87(83(71)77(46-55)88-72-32-14-10-28-64(72)65-29-11-15-33-73(65)88)50-86(76)57-22-19-23-58(48-57)90-59-37-38-67-66-30-12-16-34-74(66)89(75(67)49-59)80-47-56(40-41-85-80)84(3,4)5;/h6-47H,1-5H3;/q-2;/i1D3,2D3;. The number of rotatable bonds is 7. The Bertz CT molecular complexity index is 6080. The fourth-order valence-electron chi connectivity index (χ4n) is 14.1. The van der Waals surface area contributed by atoms with Gasteiger partial charge >= 0.3 is 0 Å². The smallest absolute Gasteiger partial charge is 0.268 e. The van der Waals surface area contributed by atoms with Crippen LogP contribution >= 0.6 is 0 Å². The van der Waals surface area contributed by atoms with E-state index in [9.17, 15) is 0 Å². The van der Waals surface area contributed by atoms with Crippen LogP contribution in [0.5, 0.6) is 11.5 Å². The van der Waals surface area contributed by atoms with Crippen LogP contribution in [0, 0.1) is 32.2 Å². The first kappa shape index (κ1) is 49.0. The molecular formula is C84H57N5O2Pt-2. The predicted octanol–water partition coefficient (Wildman–Crippen LogP) is 21.1. The van der Waals surface area contributed by atoms with Gasteiger partial charge in [0.2, 0.25) is 0 Å². The molecule has 0 N–H and O–H groups in total. The van der Waals surface area contributed by atoms with Crippen LogP contribution in [-0.2, 0) is 26.5 Å². The second kappa shape index (κ2) is 21.1. The minimum Gasteiger partial charge on any atom is -0.510 e. The quantitative estimate of drug-likeness (QED) is 0.118. The van der Waals surface area contributed by atoms with Gasteiger partial charge in [0, 0.05) is 74.0 Å². The number of hydrogen-bond donors (Lipinski definition) is 0. The van der Waals surface area contributed by atoms with Crippen molar-refractivity contribution in [2.75, 3.05) is 0 Å². The molecular weight excluding hydrogens is 1310 g/mol. The zero-order valence-electron chi connectivity index (χ0n) is 56.1. The van der Waals surface area contributed by atoms with Gasteiger partial charge in [-0.05, 0) is 169 Å². The fourth-order valence-corrected chi connectivity index (χ4v) is 14.1. The number of nitrogens with zero attached hydrogens (tertiary/aromatic N) is 5. The van der Waals surface area contributed by atoms with Gasteiger partial charge in [0.15, 0.2) is 0 Å². The SMILES string of the molecule is [2H]C([2H])([2H])c1cccc(C([2H])([2H])[2H])c1-c1cc2c(c(-n3c4ccccc4c4ccccc43)c1)-[n+]1[c-]n(-c3[c-]c(Oc4[c-]c5c(cc4)c4ccccc4n5-c4cc(C(C)(C)C)ccn4)ccc3)c3cc(-c4ccc5oc6ccccc6c5c4)cc(c31)-c1ccccc1-c1ccccc1-2.[Pt]. The predicted molar refractivity (Wildman–Crippen MR) is 370 cm³/mol.